The van der Waals surface area contributed by atoms with Gasteiger partial charge in [0.1, 0.15) is 23.2 Å². The van der Waals surface area contributed by atoms with Crippen LogP contribution in [0.25, 0.3) is 66.1 Å². The average Bonchev–Trinajstić information content (AvgIpc) is 3.64. The van der Waals surface area contributed by atoms with E-state index in [2.05, 4.69) is 169 Å². The maximum Gasteiger partial charge on any atom is 0.160 e. The van der Waals surface area contributed by atoms with Crippen molar-refractivity contribution in [2.75, 3.05) is 0 Å². The van der Waals surface area contributed by atoms with Crippen LogP contribution in [0.15, 0.2) is 202 Å². The molecule has 0 amide bonds. The maximum atomic E-state index is 6.69. The van der Waals surface area contributed by atoms with Crippen molar-refractivity contribution in [3.05, 3.63) is 205 Å². The third-order valence-electron chi connectivity index (χ3n) is 10.2. The van der Waals surface area contributed by atoms with Gasteiger partial charge in [0, 0.05) is 27.5 Å². The molecule has 4 nitrogen and oxygen atoms in total. The molecule has 0 saturated heterocycles. The highest BCUT2D eigenvalue weighted by Crippen LogP contribution is 2.40. The third-order valence-corrected chi connectivity index (χ3v) is 10.2. The molecule has 1 N–H and O–H groups in total. The van der Waals surface area contributed by atoms with Crippen molar-refractivity contribution in [2.24, 2.45) is 9.98 Å². The quantitative estimate of drug-likeness (QED) is 0.190. The van der Waals surface area contributed by atoms with Crippen molar-refractivity contribution in [3.8, 4) is 33.4 Å². The molecular formula is C49H33N3O. The number of nitrogens with zero attached hydrogens (tertiary/aromatic N) is 2. The number of aliphatic imine (C=N–C) groups is 2. The van der Waals surface area contributed by atoms with Crippen LogP contribution in [0.2, 0.25) is 0 Å². The van der Waals surface area contributed by atoms with E-state index in [1.807, 2.05) is 24.3 Å². The van der Waals surface area contributed by atoms with Gasteiger partial charge in [0.15, 0.2) is 5.84 Å². The Morgan fingerprint density at radius 1 is 0.453 bits per heavy atom. The van der Waals surface area contributed by atoms with Gasteiger partial charge in [-0.15, -0.1) is 0 Å². The molecule has 250 valence electrons. The summed E-state index contributed by atoms with van der Waals surface area (Å²) in [4.78, 5) is 10.6. The first kappa shape index (κ1) is 30.8. The fraction of sp³-hybridized carbons (Fsp3) is 0.0204. The lowest BCUT2D eigenvalue weighted by Gasteiger charge is -2.24. The van der Waals surface area contributed by atoms with Crippen LogP contribution in [0.4, 0.5) is 0 Å². The van der Waals surface area contributed by atoms with Crippen molar-refractivity contribution in [3.63, 3.8) is 0 Å². The predicted molar refractivity (Wildman–Crippen MR) is 219 cm³/mol. The molecule has 1 aliphatic heterocycles. The van der Waals surface area contributed by atoms with Crippen LogP contribution in [0.5, 0.6) is 0 Å². The molecule has 0 radical (unpaired) electrons. The van der Waals surface area contributed by atoms with E-state index in [9.17, 15) is 0 Å². The summed E-state index contributed by atoms with van der Waals surface area (Å²) in [5.41, 5.74) is 11.5. The number of fused-ring (bicyclic) bond motifs is 4. The summed E-state index contributed by atoms with van der Waals surface area (Å²) in [5, 5.41) is 8.07. The third kappa shape index (κ3) is 5.67. The summed E-state index contributed by atoms with van der Waals surface area (Å²) in [6.07, 6.45) is -0.354. The van der Waals surface area contributed by atoms with E-state index >= 15 is 0 Å². The smallest absolute Gasteiger partial charge is 0.160 e. The van der Waals surface area contributed by atoms with Crippen LogP contribution in [-0.2, 0) is 0 Å². The zero-order valence-corrected chi connectivity index (χ0v) is 28.8. The zero-order valence-electron chi connectivity index (χ0n) is 28.8. The summed E-state index contributed by atoms with van der Waals surface area (Å²) in [5.74, 6) is 1.44. The fourth-order valence-corrected chi connectivity index (χ4v) is 7.43. The second-order valence-corrected chi connectivity index (χ2v) is 13.4. The Kier molecular flexibility index (Phi) is 7.51. The molecule has 0 aliphatic carbocycles. The number of hydrogen-bond acceptors (Lipinski definition) is 4. The van der Waals surface area contributed by atoms with Gasteiger partial charge in [0.25, 0.3) is 0 Å². The first-order valence-electron chi connectivity index (χ1n) is 17.9. The molecule has 0 fully saturated rings. The Morgan fingerprint density at radius 3 is 1.75 bits per heavy atom. The molecule has 9 aromatic rings. The van der Waals surface area contributed by atoms with Gasteiger partial charge in [-0.1, -0.05) is 164 Å². The zero-order chi connectivity index (χ0) is 35.1. The molecule has 8 aromatic carbocycles. The molecule has 0 spiro atoms. The van der Waals surface area contributed by atoms with Crippen LogP contribution in [0, 0.1) is 0 Å². The molecule has 0 saturated carbocycles. The van der Waals surface area contributed by atoms with Gasteiger partial charge in [-0.3, -0.25) is 0 Å². The van der Waals surface area contributed by atoms with Crippen molar-refractivity contribution in [1.29, 1.82) is 0 Å². The summed E-state index contributed by atoms with van der Waals surface area (Å²) in [6.45, 7) is 0. The lowest BCUT2D eigenvalue weighted by atomic mass is 9.96. The molecule has 1 atom stereocenters. The summed E-state index contributed by atoms with van der Waals surface area (Å²) in [6, 6.07) is 65.8. The SMILES string of the molecule is c1ccc(-c2ccc(-c3ccc(C4=NC(c5ccc(-c6ccccc6)cc5)NC(c5ccc6ccccc6c5)=N4)c4c3oc3ccccc34)cc2)cc1. The first-order valence-corrected chi connectivity index (χ1v) is 17.9. The minimum absolute atomic E-state index is 0.354. The topological polar surface area (TPSA) is 49.9 Å². The highest BCUT2D eigenvalue weighted by molar-refractivity contribution is 6.23. The standard InChI is InChI=1S/C49H33N3O/c1-3-11-32(12-4-1)35-19-24-37(25-20-35)41-29-30-43(45-42-17-9-10-18-44(42)53-46(41)45)49-51-47(38-26-21-36(22-27-38)33-13-5-2-6-14-33)50-48(52-49)40-28-23-34-15-7-8-16-39(34)31-40/h1-31,47H,(H,50,51,52). The van der Waals surface area contributed by atoms with Crippen LogP contribution >= 0.6 is 0 Å². The average molecular weight is 680 g/mol. The van der Waals surface area contributed by atoms with Gasteiger partial charge in [0.2, 0.25) is 0 Å². The minimum Gasteiger partial charge on any atom is -0.455 e. The molecule has 10 rings (SSSR count). The number of hydrogen-bond donors (Lipinski definition) is 1. The van der Waals surface area contributed by atoms with Gasteiger partial charge < -0.3 is 9.73 Å². The lowest BCUT2D eigenvalue weighted by Crippen LogP contribution is -2.33. The highest BCUT2D eigenvalue weighted by Gasteiger charge is 2.25. The van der Waals surface area contributed by atoms with E-state index in [4.69, 9.17) is 14.4 Å². The van der Waals surface area contributed by atoms with E-state index < -0.39 is 0 Å². The minimum atomic E-state index is -0.354. The van der Waals surface area contributed by atoms with Gasteiger partial charge in [-0.05, 0) is 68.4 Å². The van der Waals surface area contributed by atoms with Crippen LogP contribution in [0.1, 0.15) is 22.9 Å². The number of furan rings is 1. The Hall–Kier alpha value is -7.04. The van der Waals surface area contributed by atoms with Gasteiger partial charge in [-0.25, -0.2) is 9.98 Å². The van der Waals surface area contributed by atoms with Crippen molar-refractivity contribution in [2.45, 2.75) is 6.17 Å². The summed E-state index contributed by atoms with van der Waals surface area (Å²) < 4.78 is 6.69. The van der Waals surface area contributed by atoms with Crippen molar-refractivity contribution in [1.82, 2.24) is 5.32 Å². The van der Waals surface area contributed by atoms with Crippen LogP contribution in [-0.4, -0.2) is 11.7 Å². The lowest BCUT2D eigenvalue weighted by molar-refractivity contribution is 0.669. The van der Waals surface area contributed by atoms with E-state index in [0.717, 1.165) is 66.5 Å². The molecule has 53 heavy (non-hydrogen) atoms. The van der Waals surface area contributed by atoms with Crippen LogP contribution < -0.4 is 5.32 Å². The summed E-state index contributed by atoms with van der Waals surface area (Å²) >= 11 is 0. The van der Waals surface area contributed by atoms with Gasteiger partial charge in [0.05, 0.1) is 0 Å². The maximum absolute atomic E-state index is 6.69. The molecule has 1 aromatic heterocycles. The van der Waals surface area contributed by atoms with E-state index in [0.29, 0.717) is 5.84 Å². The number of rotatable bonds is 6. The Bertz CT molecular complexity index is 2830. The van der Waals surface area contributed by atoms with Gasteiger partial charge in [-0.2, -0.15) is 0 Å². The summed E-state index contributed by atoms with van der Waals surface area (Å²) in [7, 11) is 0. The molecule has 1 aliphatic rings. The molecule has 2 heterocycles. The number of para-hydroxylation sites is 1. The Labute approximate surface area is 307 Å². The molecule has 1 unspecified atom stereocenters. The largest absolute Gasteiger partial charge is 0.455 e. The predicted octanol–water partition coefficient (Wildman–Crippen LogP) is 12.2. The molecule has 0 bridgehead atoms. The Morgan fingerprint density at radius 2 is 1.02 bits per heavy atom. The van der Waals surface area contributed by atoms with Crippen molar-refractivity contribution < 1.29 is 4.42 Å². The normalized spacial score (nSPS) is 14.2. The molecular weight excluding hydrogens is 647 g/mol. The number of nitrogens with one attached hydrogen (secondary N) is 1. The number of benzene rings is 8. The fourth-order valence-electron chi connectivity index (χ4n) is 7.43. The Balaban J connectivity index is 1.12. The van der Waals surface area contributed by atoms with Gasteiger partial charge >= 0.3 is 0 Å². The van der Waals surface area contributed by atoms with Crippen molar-refractivity contribution >= 4 is 44.4 Å². The van der Waals surface area contributed by atoms with Crippen LogP contribution in [0.3, 0.4) is 0 Å². The highest BCUT2D eigenvalue weighted by atomic mass is 16.3. The monoisotopic (exact) mass is 679 g/mol. The second-order valence-electron chi connectivity index (χ2n) is 13.4. The van der Waals surface area contributed by atoms with E-state index in [1.54, 1.807) is 0 Å². The first-order chi connectivity index (χ1) is 26.2. The van der Waals surface area contributed by atoms with E-state index in [1.165, 1.54) is 22.1 Å². The number of amidine groups is 2. The second kappa shape index (κ2) is 12.9. The molecule has 4 heteroatoms. The van der Waals surface area contributed by atoms with E-state index in [-0.39, 0.29) is 6.17 Å².